The predicted octanol–water partition coefficient (Wildman–Crippen LogP) is 4.30. The minimum atomic E-state index is 0.753. The van der Waals surface area contributed by atoms with Crippen molar-refractivity contribution in [2.75, 3.05) is 46.9 Å². The highest BCUT2D eigenvalue weighted by atomic mass is 79.9. The minimum Gasteiger partial charge on any atom is -0.493 e. The van der Waals surface area contributed by atoms with Gasteiger partial charge in [0.1, 0.15) is 0 Å². The highest BCUT2D eigenvalue weighted by Crippen LogP contribution is 2.34. The molecule has 0 atom stereocenters. The summed E-state index contributed by atoms with van der Waals surface area (Å²) in [7, 11) is 3.34. The van der Waals surface area contributed by atoms with Gasteiger partial charge in [-0.25, -0.2) is 0 Å². The van der Waals surface area contributed by atoms with E-state index in [2.05, 4.69) is 68.2 Å². The Morgan fingerprint density at radius 1 is 0.926 bits per heavy atom. The molecule has 27 heavy (non-hydrogen) atoms. The Labute approximate surface area is 170 Å². The molecule has 4 nitrogen and oxygen atoms in total. The lowest BCUT2D eigenvalue weighted by molar-refractivity contribution is 0.137. The van der Waals surface area contributed by atoms with Crippen molar-refractivity contribution in [3.8, 4) is 11.5 Å². The van der Waals surface area contributed by atoms with Gasteiger partial charge in [0.15, 0.2) is 11.5 Å². The van der Waals surface area contributed by atoms with Crippen molar-refractivity contribution < 1.29 is 9.47 Å². The van der Waals surface area contributed by atoms with Gasteiger partial charge in [0.05, 0.1) is 14.2 Å². The molecule has 144 valence electrons. The molecule has 1 fully saturated rings. The van der Waals surface area contributed by atoms with Gasteiger partial charge in [-0.3, -0.25) is 9.80 Å². The summed E-state index contributed by atoms with van der Waals surface area (Å²) in [6.07, 6.45) is 4.46. The van der Waals surface area contributed by atoms with Gasteiger partial charge in [0.25, 0.3) is 0 Å². The van der Waals surface area contributed by atoms with E-state index in [-0.39, 0.29) is 0 Å². The van der Waals surface area contributed by atoms with Gasteiger partial charge in [-0.2, -0.15) is 0 Å². The Morgan fingerprint density at radius 3 is 2.22 bits per heavy atom. The highest BCUT2D eigenvalue weighted by Gasteiger charge is 2.18. The van der Waals surface area contributed by atoms with Crippen molar-refractivity contribution in [1.29, 1.82) is 0 Å². The zero-order valence-electron chi connectivity index (χ0n) is 16.0. The molecule has 0 bridgehead atoms. The first-order valence-corrected chi connectivity index (χ1v) is 10.1. The molecule has 2 aromatic carbocycles. The predicted molar refractivity (Wildman–Crippen MR) is 114 cm³/mol. The standard InChI is InChI=1S/C22H27BrN2O2/c1-26-21-15-19(20(23)16-22(21)27-2)17-25-13-11-24(12-14-25)10-6-9-18-7-4-3-5-8-18/h3-9,15-16H,10-14,17H2,1-2H3/b9-6+. The summed E-state index contributed by atoms with van der Waals surface area (Å²) in [6.45, 7) is 6.23. The first kappa shape index (κ1) is 19.9. The van der Waals surface area contributed by atoms with E-state index in [1.807, 2.05) is 12.1 Å². The maximum atomic E-state index is 5.44. The van der Waals surface area contributed by atoms with E-state index in [1.54, 1.807) is 14.2 Å². The van der Waals surface area contributed by atoms with Crippen LogP contribution in [0, 0.1) is 0 Å². The number of nitrogens with zero attached hydrogens (tertiary/aromatic N) is 2. The van der Waals surface area contributed by atoms with Crippen LogP contribution < -0.4 is 9.47 Å². The second kappa shape index (κ2) is 9.93. The molecule has 1 aliphatic heterocycles. The Morgan fingerprint density at radius 2 is 1.56 bits per heavy atom. The number of halogens is 1. The zero-order chi connectivity index (χ0) is 19.1. The lowest BCUT2D eigenvalue weighted by atomic mass is 10.1. The normalized spacial score (nSPS) is 16.0. The molecule has 0 radical (unpaired) electrons. The fourth-order valence-corrected chi connectivity index (χ4v) is 3.74. The maximum Gasteiger partial charge on any atom is 0.161 e. The summed E-state index contributed by atoms with van der Waals surface area (Å²) in [4.78, 5) is 4.99. The van der Waals surface area contributed by atoms with Crippen LogP contribution in [0.2, 0.25) is 0 Å². The summed E-state index contributed by atoms with van der Waals surface area (Å²) >= 11 is 3.66. The van der Waals surface area contributed by atoms with Crippen LogP contribution >= 0.6 is 15.9 Å². The van der Waals surface area contributed by atoms with Crippen molar-refractivity contribution >= 4 is 22.0 Å². The number of rotatable bonds is 7. The first-order chi connectivity index (χ1) is 13.2. The number of hydrogen-bond donors (Lipinski definition) is 0. The van der Waals surface area contributed by atoms with E-state index in [1.165, 1.54) is 11.1 Å². The average Bonchev–Trinajstić information content (AvgIpc) is 2.71. The molecule has 0 saturated carbocycles. The molecule has 1 aliphatic rings. The molecule has 2 aromatic rings. The van der Waals surface area contributed by atoms with Crippen LogP contribution in [-0.2, 0) is 6.54 Å². The number of methoxy groups -OCH3 is 2. The lowest BCUT2D eigenvalue weighted by Gasteiger charge is -2.34. The number of hydrogen-bond acceptors (Lipinski definition) is 4. The third kappa shape index (κ3) is 5.58. The highest BCUT2D eigenvalue weighted by molar-refractivity contribution is 9.10. The lowest BCUT2D eigenvalue weighted by Crippen LogP contribution is -2.45. The van der Waals surface area contributed by atoms with Crippen LogP contribution in [0.3, 0.4) is 0 Å². The zero-order valence-corrected chi connectivity index (χ0v) is 17.6. The third-order valence-electron chi connectivity index (χ3n) is 4.88. The maximum absolute atomic E-state index is 5.44. The second-order valence-corrected chi connectivity index (χ2v) is 7.54. The van der Waals surface area contributed by atoms with Crippen molar-refractivity contribution in [2.24, 2.45) is 0 Å². The monoisotopic (exact) mass is 430 g/mol. The Kier molecular flexibility index (Phi) is 7.33. The summed E-state index contributed by atoms with van der Waals surface area (Å²) in [5.41, 5.74) is 2.49. The van der Waals surface area contributed by atoms with Crippen LogP contribution in [0.4, 0.5) is 0 Å². The van der Waals surface area contributed by atoms with Crippen molar-refractivity contribution in [3.05, 3.63) is 64.1 Å². The van der Waals surface area contributed by atoms with Crippen molar-refractivity contribution in [2.45, 2.75) is 6.54 Å². The average molecular weight is 431 g/mol. The van der Waals surface area contributed by atoms with Crippen molar-refractivity contribution in [1.82, 2.24) is 9.80 Å². The Hall–Kier alpha value is -1.82. The molecule has 0 aliphatic carbocycles. The first-order valence-electron chi connectivity index (χ1n) is 9.26. The summed E-state index contributed by atoms with van der Waals surface area (Å²) in [5, 5.41) is 0. The topological polar surface area (TPSA) is 24.9 Å². The Bertz CT molecular complexity index is 756. The Balaban J connectivity index is 1.50. The molecular weight excluding hydrogens is 404 g/mol. The summed E-state index contributed by atoms with van der Waals surface area (Å²) in [6, 6.07) is 14.5. The molecule has 0 unspecified atom stereocenters. The van der Waals surface area contributed by atoms with Crippen LogP contribution in [0.25, 0.3) is 6.08 Å². The van der Waals surface area contributed by atoms with E-state index in [4.69, 9.17) is 9.47 Å². The van der Waals surface area contributed by atoms with Gasteiger partial charge in [-0.05, 0) is 23.3 Å². The fraction of sp³-hybridized carbons (Fsp3) is 0.364. The van der Waals surface area contributed by atoms with Crippen LogP contribution in [-0.4, -0.2) is 56.7 Å². The molecule has 1 saturated heterocycles. The van der Waals surface area contributed by atoms with Gasteiger partial charge in [-0.1, -0.05) is 58.4 Å². The van der Waals surface area contributed by atoms with Gasteiger partial charge < -0.3 is 9.47 Å². The molecular formula is C22H27BrN2O2. The van der Waals surface area contributed by atoms with Gasteiger partial charge >= 0.3 is 0 Å². The van der Waals surface area contributed by atoms with E-state index < -0.39 is 0 Å². The minimum absolute atomic E-state index is 0.753. The smallest absolute Gasteiger partial charge is 0.161 e. The molecule has 5 heteroatoms. The summed E-state index contributed by atoms with van der Waals surface area (Å²) < 4.78 is 11.9. The number of piperazine rings is 1. The molecule has 0 spiro atoms. The molecule has 0 N–H and O–H groups in total. The van der Waals surface area contributed by atoms with E-state index in [0.29, 0.717) is 0 Å². The van der Waals surface area contributed by atoms with Gasteiger partial charge in [0, 0.05) is 43.7 Å². The van der Waals surface area contributed by atoms with E-state index in [0.717, 1.165) is 55.2 Å². The molecule has 3 rings (SSSR count). The molecule has 0 amide bonds. The number of ether oxygens (including phenoxy) is 2. The SMILES string of the molecule is COc1cc(Br)c(CN2CCN(C/C=C/c3ccccc3)CC2)cc1OC. The quantitative estimate of drug-likeness (QED) is 0.653. The van der Waals surface area contributed by atoms with E-state index in [9.17, 15) is 0 Å². The second-order valence-electron chi connectivity index (χ2n) is 6.69. The van der Waals surface area contributed by atoms with Crippen LogP contribution in [0.1, 0.15) is 11.1 Å². The van der Waals surface area contributed by atoms with Gasteiger partial charge in [0.2, 0.25) is 0 Å². The van der Waals surface area contributed by atoms with Crippen LogP contribution in [0.5, 0.6) is 11.5 Å². The summed E-state index contributed by atoms with van der Waals surface area (Å²) in [5.74, 6) is 1.53. The fourth-order valence-electron chi connectivity index (χ4n) is 3.29. The number of benzene rings is 2. The molecule has 0 aromatic heterocycles. The van der Waals surface area contributed by atoms with Crippen LogP contribution in [0.15, 0.2) is 53.0 Å². The largest absolute Gasteiger partial charge is 0.493 e. The third-order valence-corrected chi connectivity index (χ3v) is 5.62. The molecule has 1 heterocycles. The van der Waals surface area contributed by atoms with Crippen molar-refractivity contribution in [3.63, 3.8) is 0 Å². The van der Waals surface area contributed by atoms with E-state index >= 15 is 0 Å². The van der Waals surface area contributed by atoms with Gasteiger partial charge in [-0.15, -0.1) is 0 Å².